The van der Waals surface area contributed by atoms with Crippen molar-refractivity contribution in [1.82, 2.24) is 14.8 Å². The predicted octanol–water partition coefficient (Wildman–Crippen LogP) is 2.57. The lowest BCUT2D eigenvalue weighted by Crippen LogP contribution is -2.09. The number of nitrogens with zero attached hydrogens (tertiary/aromatic N) is 3. The molecule has 4 nitrogen and oxygen atoms in total. The van der Waals surface area contributed by atoms with Crippen LogP contribution < -0.4 is 5.73 Å². The number of pyridine rings is 1. The minimum absolute atomic E-state index is 0.0668. The molecule has 2 N–H and O–H groups in total. The fourth-order valence-electron chi connectivity index (χ4n) is 1.32. The van der Waals surface area contributed by atoms with Crippen molar-refractivity contribution in [3.05, 3.63) is 40.8 Å². The highest BCUT2D eigenvalue weighted by Crippen LogP contribution is 2.31. The van der Waals surface area contributed by atoms with Gasteiger partial charge in [0, 0.05) is 18.0 Å². The van der Waals surface area contributed by atoms with Gasteiger partial charge in [-0.15, -0.1) is 0 Å². The van der Waals surface area contributed by atoms with Crippen molar-refractivity contribution in [2.24, 2.45) is 5.73 Å². The van der Waals surface area contributed by atoms with Gasteiger partial charge in [-0.1, -0.05) is 23.8 Å². The van der Waals surface area contributed by atoms with Gasteiger partial charge in [0.1, 0.15) is 4.99 Å². The average molecular weight is 307 g/mol. The molecule has 100 valence electrons. The number of hydrogen-bond acceptors (Lipinski definition) is 3. The summed E-state index contributed by atoms with van der Waals surface area (Å²) in [6.45, 7) is 0. The fourth-order valence-corrected chi connectivity index (χ4v) is 1.68. The molecule has 2 heterocycles. The van der Waals surface area contributed by atoms with Crippen LogP contribution in [0.1, 0.15) is 11.1 Å². The van der Waals surface area contributed by atoms with Crippen LogP contribution in [0.15, 0.2) is 24.7 Å². The Morgan fingerprint density at radius 3 is 2.53 bits per heavy atom. The summed E-state index contributed by atoms with van der Waals surface area (Å²) < 4.78 is 38.6. The van der Waals surface area contributed by atoms with Crippen molar-refractivity contribution in [2.75, 3.05) is 0 Å². The topological polar surface area (TPSA) is 56.7 Å². The number of alkyl halides is 3. The summed E-state index contributed by atoms with van der Waals surface area (Å²) in [5, 5.41) is 3.71. The zero-order valence-corrected chi connectivity index (χ0v) is 10.7. The Labute approximate surface area is 116 Å². The summed E-state index contributed by atoms with van der Waals surface area (Å²) in [6.07, 6.45) is -1.01. The van der Waals surface area contributed by atoms with Crippen molar-refractivity contribution in [2.45, 2.75) is 6.18 Å². The van der Waals surface area contributed by atoms with E-state index in [0.717, 1.165) is 6.07 Å². The molecule has 0 bridgehead atoms. The third-order valence-electron chi connectivity index (χ3n) is 2.23. The fraction of sp³-hybridized carbons (Fsp3) is 0.100. The first kappa shape index (κ1) is 13.8. The van der Waals surface area contributed by atoms with Gasteiger partial charge >= 0.3 is 6.18 Å². The van der Waals surface area contributed by atoms with E-state index in [0.29, 0.717) is 11.8 Å². The van der Waals surface area contributed by atoms with E-state index in [-0.39, 0.29) is 15.8 Å². The molecule has 19 heavy (non-hydrogen) atoms. The minimum atomic E-state index is -4.50. The molecule has 0 saturated carbocycles. The molecule has 2 aromatic heterocycles. The molecule has 0 saturated heterocycles. The van der Waals surface area contributed by atoms with Crippen LogP contribution in [0.2, 0.25) is 5.02 Å². The van der Waals surface area contributed by atoms with Crippen LogP contribution in [-0.4, -0.2) is 19.8 Å². The van der Waals surface area contributed by atoms with Crippen LogP contribution in [0.25, 0.3) is 5.82 Å². The number of nitrogens with two attached hydrogens (primary N) is 1. The zero-order chi connectivity index (χ0) is 14.2. The first-order valence-electron chi connectivity index (χ1n) is 4.86. The van der Waals surface area contributed by atoms with Gasteiger partial charge in [-0.25, -0.2) is 9.67 Å². The largest absolute Gasteiger partial charge is 0.417 e. The van der Waals surface area contributed by atoms with Crippen molar-refractivity contribution in [1.29, 1.82) is 0 Å². The molecule has 9 heteroatoms. The molecule has 0 atom stereocenters. The summed E-state index contributed by atoms with van der Waals surface area (Å²) in [6, 6.07) is 0.784. The third kappa shape index (κ3) is 2.85. The predicted molar refractivity (Wildman–Crippen MR) is 67.3 cm³/mol. The lowest BCUT2D eigenvalue weighted by molar-refractivity contribution is -0.137. The van der Waals surface area contributed by atoms with Gasteiger partial charge in [-0.3, -0.25) is 0 Å². The average Bonchev–Trinajstić information content (AvgIpc) is 2.76. The SMILES string of the molecule is NC(=S)c1cnn(-c2ncc(C(F)(F)F)cc2Cl)c1. The van der Waals surface area contributed by atoms with Gasteiger partial charge < -0.3 is 5.73 Å². The highest BCUT2D eigenvalue weighted by atomic mass is 35.5. The molecular weight excluding hydrogens is 301 g/mol. The van der Waals surface area contributed by atoms with Crippen LogP contribution in [0.5, 0.6) is 0 Å². The summed E-state index contributed by atoms with van der Waals surface area (Å²) >= 11 is 10.5. The molecule has 0 aromatic carbocycles. The highest BCUT2D eigenvalue weighted by Gasteiger charge is 2.31. The van der Waals surface area contributed by atoms with E-state index < -0.39 is 11.7 Å². The minimum Gasteiger partial charge on any atom is -0.389 e. The molecule has 0 amide bonds. The number of hydrogen-bond donors (Lipinski definition) is 1. The van der Waals surface area contributed by atoms with Crippen LogP contribution in [0.3, 0.4) is 0 Å². The Morgan fingerprint density at radius 1 is 1.37 bits per heavy atom. The van der Waals surface area contributed by atoms with E-state index in [1.54, 1.807) is 0 Å². The number of thiocarbonyl (C=S) groups is 1. The smallest absolute Gasteiger partial charge is 0.389 e. The van der Waals surface area contributed by atoms with Crippen molar-refractivity contribution < 1.29 is 13.2 Å². The molecule has 0 aliphatic rings. The third-order valence-corrected chi connectivity index (χ3v) is 2.75. The van der Waals surface area contributed by atoms with Crippen molar-refractivity contribution in [3.8, 4) is 5.82 Å². The molecule has 2 aromatic rings. The van der Waals surface area contributed by atoms with E-state index in [9.17, 15) is 13.2 Å². The van der Waals surface area contributed by atoms with E-state index in [1.807, 2.05) is 0 Å². The van der Waals surface area contributed by atoms with Crippen LogP contribution >= 0.6 is 23.8 Å². The summed E-state index contributed by atoms with van der Waals surface area (Å²) in [7, 11) is 0. The lowest BCUT2D eigenvalue weighted by atomic mass is 10.3. The number of aromatic nitrogens is 3. The van der Waals surface area contributed by atoms with E-state index in [1.165, 1.54) is 17.1 Å². The summed E-state index contributed by atoms with van der Waals surface area (Å²) in [5.74, 6) is 0.0668. The van der Waals surface area contributed by atoms with E-state index in [2.05, 4.69) is 10.1 Å². The summed E-state index contributed by atoms with van der Waals surface area (Å²) in [4.78, 5) is 3.77. The Kier molecular flexibility index (Phi) is 3.46. The van der Waals surface area contributed by atoms with Crippen molar-refractivity contribution in [3.63, 3.8) is 0 Å². The van der Waals surface area contributed by atoms with Gasteiger partial charge in [-0.2, -0.15) is 18.3 Å². The van der Waals surface area contributed by atoms with Gasteiger partial charge in [0.05, 0.1) is 16.8 Å². The van der Waals surface area contributed by atoms with Gasteiger partial charge in [0.25, 0.3) is 0 Å². The maximum absolute atomic E-state index is 12.5. The lowest BCUT2D eigenvalue weighted by Gasteiger charge is -2.08. The Bertz CT molecular complexity index is 638. The highest BCUT2D eigenvalue weighted by molar-refractivity contribution is 7.80. The monoisotopic (exact) mass is 306 g/mol. The molecule has 0 aliphatic carbocycles. The Balaban J connectivity index is 2.43. The maximum Gasteiger partial charge on any atom is 0.417 e. The van der Waals surface area contributed by atoms with Crippen LogP contribution in [0, 0.1) is 0 Å². The second-order valence-corrected chi connectivity index (χ2v) is 4.41. The molecule has 2 rings (SSSR count). The standard InChI is InChI=1S/C10H6ClF3N4S/c11-7-1-6(10(12,13)14)3-16-9(7)18-4-5(2-17-18)8(15)19/h1-4H,(H2,15,19). The second-order valence-electron chi connectivity index (χ2n) is 3.57. The van der Waals surface area contributed by atoms with Gasteiger partial charge in [-0.05, 0) is 6.07 Å². The first-order valence-corrected chi connectivity index (χ1v) is 5.65. The van der Waals surface area contributed by atoms with Gasteiger partial charge in [0.2, 0.25) is 0 Å². The van der Waals surface area contributed by atoms with Gasteiger partial charge in [0.15, 0.2) is 5.82 Å². The molecule has 0 fully saturated rings. The molecule has 0 aliphatic heterocycles. The quantitative estimate of drug-likeness (QED) is 0.866. The first-order chi connectivity index (χ1) is 8.79. The Morgan fingerprint density at radius 2 is 2.05 bits per heavy atom. The van der Waals surface area contributed by atoms with Crippen LogP contribution in [0.4, 0.5) is 13.2 Å². The van der Waals surface area contributed by atoms with E-state index in [4.69, 9.17) is 29.6 Å². The molecule has 0 spiro atoms. The zero-order valence-electron chi connectivity index (χ0n) is 9.15. The maximum atomic E-state index is 12.5. The second kappa shape index (κ2) is 4.78. The molecular formula is C10H6ClF3N4S. The van der Waals surface area contributed by atoms with E-state index >= 15 is 0 Å². The molecule has 0 radical (unpaired) electrons. The number of rotatable bonds is 2. The van der Waals surface area contributed by atoms with Crippen LogP contribution in [-0.2, 0) is 6.18 Å². The molecule has 0 unspecified atom stereocenters. The summed E-state index contributed by atoms with van der Waals surface area (Å²) in [5.41, 5.74) is 4.94. The number of halogens is 4. The normalized spacial score (nSPS) is 11.6. The van der Waals surface area contributed by atoms with Crippen molar-refractivity contribution >= 4 is 28.8 Å². The Hall–Kier alpha value is -1.67.